The van der Waals surface area contributed by atoms with Crippen molar-refractivity contribution in [2.24, 2.45) is 4.99 Å². The molecule has 2 N–H and O–H groups in total. The molecule has 1 saturated heterocycles. The third-order valence-corrected chi connectivity index (χ3v) is 5.69. The van der Waals surface area contributed by atoms with E-state index in [9.17, 15) is 4.79 Å². The molecule has 1 aromatic rings. The summed E-state index contributed by atoms with van der Waals surface area (Å²) in [6.45, 7) is 5.84. The highest BCUT2D eigenvalue weighted by atomic mass is 16.5. The van der Waals surface area contributed by atoms with Crippen molar-refractivity contribution in [2.45, 2.75) is 64.5 Å². The van der Waals surface area contributed by atoms with Gasteiger partial charge >= 0.3 is 0 Å². The first-order chi connectivity index (χ1) is 14.7. The first-order valence-electron chi connectivity index (χ1n) is 11.3. The number of hydrogen-bond acceptors (Lipinski definition) is 4. The van der Waals surface area contributed by atoms with Crippen LogP contribution in [0, 0.1) is 0 Å². The van der Waals surface area contributed by atoms with Crippen LogP contribution in [0.25, 0.3) is 0 Å². The topological polar surface area (TPSA) is 75.2 Å². The molecule has 2 aliphatic rings. The third-order valence-electron chi connectivity index (χ3n) is 5.69. The lowest BCUT2D eigenvalue weighted by Crippen LogP contribution is -2.39. The van der Waals surface area contributed by atoms with Crippen molar-refractivity contribution in [1.29, 1.82) is 0 Å². The SMILES string of the molecule is CCNC(=NCc1cccc(OC)c1OC1CCCC1)NCCCN1CCCC1=O. The van der Waals surface area contributed by atoms with Crippen LogP contribution in [0.4, 0.5) is 0 Å². The molecule has 0 spiro atoms. The number of carbonyl (C=O) groups is 1. The molecule has 2 fully saturated rings. The van der Waals surface area contributed by atoms with Gasteiger partial charge in [-0.15, -0.1) is 0 Å². The van der Waals surface area contributed by atoms with Crippen molar-refractivity contribution in [3.63, 3.8) is 0 Å². The summed E-state index contributed by atoms with van der Waals surface area (Å²) < 4.78 is 11.9. The second-order valence-electron chi connectivity index (χ2n) is 7.93. The highest BCUT2D eigenvalue weighted by Gasteiger charge is 2.21. The fourth-order valence-corrected chi connectivity index (χ4v) is 4.08. The number of nitrogens with zero attached hydrogens (tertiary/aromatic N) is 2. The van der Waals surface area contributed by atoms with E-state index in [1.807, 2.05) is 17.0 Å². The van der Waals surface area contributed by atoms with E-state index in [0.717, 1.165) is 74.9 Å². The Bertz CT molecular complexity index is 716. The van der Waals surface area contributed by atoms with Crippen molar-refractivity contribution in [1.82, 2.24) is 15.5 Å². The number of methoxy groups -OCH3 is 1. The molecule has 7 nitrogen and oxygen atoms in total. The van der Waals surface area contributed by atoms with E-state index in [0.29, 0.717) is 13.0 Å². The summed E-state index contributed by atoms with van der Waals surface area (Å²) in [4.78, 5) is 18.4. The number of carbonyl (C=O) groups excluding carboxylic acids is 1. The number of guanidine groups is 1. The molecule has 0 radical (unpaired) electrons. The lowest BCUT2D eigenvalue weighted by Gasteiger charge is -2.19. The van der Waals surface area contributed by atoms with E-state index < -0.39 is 0 Å². The third kappa shape index (κ3) is 6.28. The van der Waals surface area contributed by atoms with Crippen LogP contribution in [0.2, 0.25) is 0 Å². The minimum absolute atomic E-state index is 0.267. The van der Waals surface area contributed by atoms with Crippen molar-refractivity contribution >= 4 is 11.9 Å². The molecule has 0 aromatic heterocycles. The zero-order chi connectivity index (χ0) is 21.2. The average molecular weight is 417 g/mol. The molecule has 3 rings (SSSR count). The van der Waals surface area contributed by atoms with Gasteiger partial charge < -0.3 is 25.0 Å². The normalized spacial score (nSPS) is 17.5. The van der Waals surface area contributed by atoms with Crippen LogP contribution in [-0.2, 0) is 11.3 Å². The molecular formula is C23H36N4O3. The maximum atomic E-state index is 11.7. The maximum absolute atomic E-state index is 11.7. The number of para-hydroxylation sites is 1. The van der Waals surface area contributed by atoms with Crippen LogP contribution in [0.3, 0.4) is 0 Å². The van der Waals surface area contributed by atoms with Gasteiger partial charge in [0, 0.05) is 38.2 Å². The Hall–Kier alpha value is -2.44. The van der Waals surface area contributed by atoms with Gasteiger partial charge in [-0.05, 0) is 51.5 Å². The van der Waals surface area contributed by atoms with E-state index in [2.05, 4.69) is 23.6 Å². The summed E-state index contributed by atoms with van der Waals surface area (Å²) in [6, 6.07) is 5.98. The van der Waals surface area contributed by atoms with Gasteiger partial charge in [0.1, 0.15) is 0 Å². The fraction of sp³-hybridized carbons (Fsp3) is 0.652. The summed E-state index contributed by atoms with van der Waals surface area (Å²) in [5, 5.41) is 6.68. The smallest absolute Gasteiger partial charge is 0.222 e. The standard InChI is InChI=1S/C23H36N4O3/c1-3-24-23(25-14-8-16-27-15-7-13-21(27)28)26-17-18-9-6-12-20(29-2)22(18)30-19-10-4-5-11-19/h6,9,12,19H,3-5,7-8,10-11,13-17H2,1-2H3,(H2,24,25,26). The minimum atomic E-state index is 0.267. The summed E-state index contributed by atoms with van der Waals surface area (Å²) >= 11 is 0. The number of hydrogen-bond donors (Lipinski definition) is 2. The van der Waals surface area contributed by atoms with E-state index in [4.69, 9.17) is 14.5 Å². The summed E-state index contributed by atoms with van der Waals surface area (Å²) in [6.07, 6.45) is 7.52. The molecule has 1 heterocycles. The Labute approximate surface area is 180 Å². The van der Waals surface area contributed by atoms with Gasteiger partial charge in [-0.25, -0.2) is 4.99 Å². The van der Waals surface area contributed by atoms with E-state index in [-0.39, 0.29) is 12.0 Å². The number of ether oxygens (including phenoxy) is 2. The Balaban J connectivity index is 1.58. The molecule has 1 amide bonds. The molecule has 1 aliphatic heterocycles. The molecule has 0 unspecified atom stereocenters. The molecule has 1 aliphatic carbocycles. The van der Waals surface area contributed by atoms with Gasteiger partial charge in [-0.3, -0.25) is 4.79 Å². The monoisotopic (exact) mass is 416 g/mol. The summed E-state index contributed by atoms with van der Waals surface area (Å²) in [5.74, 6) is 2.64. The van der Waals surface area contributed by atoms with Crippen LogP contribution in [0.1, 0.15) is 57.4 Å². The van der Waals surface area contributed by atoms with E-state index in [1.165, 1.54) is 12.8 Å². The molecule has 0 atom stereocenters. The molecule has 1 saturated carbocycles. The first kappa shape index (κ1) is 22.2. The second-order valence-corrected chi connectivity index (χ2v) is 7.93. The molecule has 166 valence electrons. The highest BCUT2D eigenvalue weighted by Crippen LogP contribution is 2.35. The van der Waals surface area contributed by atoms with Crippen molar-refractivity contribution < 1.29 is 14.3 Å². The quantitative estimate of drug-likeness (QED) is 0.348. The van der Waals surface area contributed by atoms with Gasteiger partial charge in [0.15, 0.2) is 17.5 Å². The van der Waals surface area contributed by atoms with Crippen LogP contribution in [0.15, 0.2) is 23.2 Å². The average Bonchev–Trinajstić information content (AvgIpc) is 3.41. The van der Waals surface area contributed by atoms with Gasteiger partial charge in [0.2, 0.25) is 5.91 Å². The Kier molecular flexibility index (Phi) is 8.66. The molecule has 1 aromatic carbocycles. The van der Waals surface area contributed by atoms with Gasteiger partial charge in [0.25, 0.3) is 0 Å². The molecule has 7 heteroatoms. The lowest BCUT2D eigenvalue weighted by molar-refractivity contribution is -0.127. The van der Waals surface area contributed by atoms with Crippen LogP contribution >= 0.6 is 0 Å². The van der Waals surface area contributed by atoms with Crippen LogP contribution in [0.5, 0.6) is 11.5 Å². The van der Waals surface area contributed by atoms with Crippen LogP contribution in [-0.4, -0.2) is 56.2 Å². The fourth-order valence-electron chi connectivity index (χ4n) is 4.08. The number of likely N-dealkylation sites (tertiary alicyclic amines) is 1. The number of aliphatic imine (C=N–C) groups is 1. The predicted molar refractivity (Wildman–Crippen MR) is 119 cm³/mol. The lowest BCUT2D eigenvalue weighted by atomic mass is 10.1. The first-order valence-corrected chi connectivity index (χ1v) is 11.3. The zero-order valence-electron chi connectivity index (χ0n) is 18.4. The zero-order valence-corrected chi connectivity index (χ0v) is 18.4. The van der Waals surface area contributed by atoms with Gasteiger partial charge in [0.05, 0.1) is 19.8 Å². The van der Waals surface area contributed by atoms with Crippen molar-refractivity contribution in [2.75, 3.05) is 33.3 Å². The minimum Gasteiger partial charge on any atom is -0.493 e. The number of nitrogens with one attached hydrogen (secondary N) is 2. The number of amides is 1. The number of rotatable bonds is 10. The number of benzene rings is 1. The summed E-state index contributed by atoms with van der Waals surface area (Å²) in [5.41, 5.74) is 1.03. The Morgan fingerprint density at radius 1 is 1.23 bits per heavy atom. The molecule has 30 heavy (non-hydrogen) atoms. The largest absolute Gasteiger partial charge is 0.493 e. The second kappa shape index (κ2) is 11.7. The van der Waals surface area contributed by atoms with E-state index >= 15 is 0 Å². The van der Waals surface area contributed by atoms with Crippen molar-refractivity contribution in [3.8, 4) is 11.5 Å². The molecular weight excluding hydrogens is 380 g/mol. The highest BCUT2D eigenvalue weighted by molar-refractivity contribution is 5.80. The summed E-state index contributed by atoms with van der Waals surface area (Å²) in [7, 11) is 1.68. The Morgan fingerprint density at radius 3 is 2.77 bits per heavy atom. The predicted octanol–water partition coefficient (Wildman–Crippen LogP) is 3.08. The van der Waals surface area contributed by atoms with Crippen molar-refractivity contribution in [3.05, 3.63) is 23.8 Å². The Morgan fingerprint density at radius 2 is 2.07 bits per heavy atom. The molecule has 0 bridgehead atoms. The van der Waals surface area contributed by atoms with Gasteiger partial charge in [-0.1, -0.05) is 12.1 Å². The van der Waals surface area contributed by atoms with Gasteiger partial charge in [-0.2, -0.15) is 0 Å². The van der Waals surface area contributed by atoms with Crippen LogP contribution < -0.4 is 20.1 Å². The maximum Gasteiger partial charge on any atom is 0.222 e. The van der Waals surface area contributed by atoms with E-state index in [1.54, 1.807) is 7.11 Å².